The van der Waals surface area contributed by atoms with Crippen LogP contribution in [0.3, 0.4) is 0 Å². The van der Waals surface area contributed by atoms with Crippen LogP contribution in [0.4, 0.5) is 0 Å². The minimum atomic E-state index is -0.0353. The van der Waals surface area contributed by atoms with Crippen molar-refractivity contribution >= 4 is 21.6 Å². The van der Waals surface area contributed by atoms with Crippen molar-refractivity contribution in [2.45, 2.75) is 13.0 Å². The third kappa shape index (κ3) is 4.06. The first-order chi connectivity index (χ1) is 11.1. The van der Waals surface area contributed by atoms with Gasteiger partial charge in [-0.15, -0.1) is 0 Å². The summed E-state index contributed by atoms with van der Waals surface area (Å²) in [4.78, 5) is 18.8. The largest absolute Gasteiger partial charge is 0.300 e. The highest BCUT2D eigenvalue weighted by atomic mass is 79.9. The number of hydrogen-bond donors (Lipinski definition) is 0. The molecule has 0 aliphatic rings. The van der Waals surface area contributed by atoms with E-state index in [4.69, 9.17) is 0 Å². The minimum absolute atomic E-state index is 0.0353. The Morgan fingerprint density at radius 2 is 1.96 bits per heavy atom. The highest BCUT2D eigenvalue weighted by Gasteiger charge is 2.06. The Bertz CT molecular complexity index is 858. The van der Waals surface area contributed by atoms with Crippen LogP contribution in [0.15, 0.2) is 64.0 Å². The van der Waals surface area contributed by atoms with E-state index in [-0.39, 0.29) is 5.56 Å². The van der Waals surface area contributed by atoms with Gasteiger partial charge in [-0.05, 0) is 43.3 Å². The number of fused-ring (bicyclic) bond motifs is 1. The lowest BCUT2D eigenvalue weighted by Gasteiger charge is -2.16. The Morgan fingerprint density at radius 1 is 1.17 bits per heavy atom. The zero-order chi connectivity index (χ0) is 16.2. The monoisotopic (exact) mass is 371 g/mol. The molecule has 23 heavy (non-hydrogen) atoms. The van der Waals surface area contributed by atoms with Crippen LogP contribution < -0.4 is 5.56 Å². The van der Waals surface area contributed by atoms with Crippen molar-refractivity contribution < 1.29 is 0 Å². The predicted molar refractivity (Wildman–Crippen MR) is 95.6 cm³/mol. The number of hydrogen-bond acceptors (Lipinski definition) is 3. The molecule has 0 aliphatic carbocycles. The van der Waals surface area contributed by atoms with Crippen LogP contribution in [0.1, 0.15) is 11.3 Å². The number of benzene rings is 1. The number of pyridine rings is 1. The van der Waals surface area contributed by atoms with Crippen molar-refractivity contribution in [3.63, 3.8) is 0 Å². The Balaban J connectivity index is 1.66. The van der Waals surface area contributed by atoms with Crippen LogP contribution in [0.25, 0.3) is 5.65 Å². The van der Waals surface area contributed by atoms with Crippen LogP contribution in [0.2, 0.25) is 0 Å². The second-order valence-electron chi connectivity index (χ2n) is 5.63. The molecule has 5 heteroatoms. The quantitative estimate of drug-likeness (QED) is 0.691. The molecule has 0 saturated carbocycles. The van der Waals surface area contributed by atoms with Crippen LogP contribution in [0.5, 0.6) is 0 Å². The fraction of sp³-hybridized carbons (Fsp3) is 0.222. The van der Waals surface area contributed by atoms with Crippen molar-refractivity contribution in [1.29, 1.82) is 0 Å². The number of nitrogens with zero attached hydrogens (tertiary/aromatic N) is 3. The smallest absolute Gasteiger partial charge is 0.258 e. The van der Waals surface area contributed by atoms with Crippen LogP contribution in [-0.2, 0) is 13.0 Å². The highest BCUT2D eigenvalue weighted by Crippen LogP contribution is 2.11. The molecule has 0 bridgehead atoms. The van der Waals surface area contributed by atoms with Gasteiger partial charge in [0.15, 0.2) is 0 Å². The van der Waals surface area contributed by atoms with Gasteiger partial charge in [0.2, 0.25) is 0 Å². The van der Waals surface area contributed by atoms with Crippen LogP contribution in [-0.4, -0.2) is 27.9 Å². The molecular formula is C18H18BrN3O. The summed E-state index contributed by atoms with van der Waals surface area (Å²) < 4.78 is 2.65. The van der Waals surface area contributed by atoms with E-state index in [1.54, 1.807) is 16.7 Å². The van der Waals surface area contributed by atoms with Gasteiger partial charge in [0.05, 0.1) is 5.69 Å². The zero-order valence-electron chi connectivity index (χ0n) is 12.9. The van der Waals surface area contributed by atoms with Gasteiger partial charge in [-0.3, -0.25) is 9.20 Å². The Hall–Kier alpha value is -1.98. The summed E-state index contributed by atoms with van der Waals surface area (Å²) >= 11 is 3.45. The molecule has 2 heterocycles. The molecule has 3 aromatic rings. The third-order valence-corrected chi connectivity index (χ3v) is 4.28. The average Bonchev–Trinajstić information content (AvgIpc) is 2.54. The van der Waals surface area contributed by atoms with E-state index in [9.17, 15) is 4.79 Å². The van der Waals surface area contributed by atoms with E-state index in [0.29, 0.717) is 12.2 Å². The molecule has 0 unspecified atom stereocenters. The topological polar surface area (TPSA) is 37.6 Å². The van der Waals surface area contributed by atoms with Crippen LogP contribution >= 0.6 is 15.9 Å². The van der Waals surface area contributed by atoms with Crippen molar-refractivity contribution in [3.05, 3.63) is 80.8 Å². The van der Waals surface area contributed by atoms with E-state index in [2.05, 4.69) is 50.1 Å². The summed E-state index contributed by atoms with van der Waals surface area (Å²) in [6, 6.07) is 15.6. The van der Waals surface area contributed by atoms with Crippen molar-refractivity contribution in [2.24, 2.45) is 0 Å². The standard InChI is InChI=1S/C18H18BrN3O/c1-21(11-9-14-5-7-15(19)8-6-14)13-16-12-18(23)22-10-3-2-4-17(22)20-16/h2-8,10,12H,9,11,13H2,1H3. The summed E-state index contributed by atoms with van der Waals surface area (Å²) in [5.41, 5.74) is 2.76. The lowest BCUT2D eigenvalue weighted by atomic mass is 10.1. The van der Waals surface area contributed by atoms with Crippen molar-refractivity contribution in [3.8, 4) is 0 Å². The molecule has 0 fully saturated rings. The molecule has 0 atom stereocenters. The van der Waals surface area contributed by atoms with Crippen molar-refractivity contribution in [2.75, 3.05) is 13.6 Å². The number of halogens is 1. The molecule has 2 aromatic heterocycles. The maximum absolute atomic E-state index is 12.1. The number of rotatable bonds is 5. The first-order valence-electron chi connectivity index (χ1n) is 7.52. The summed E-state index contributed by atoms with van der Waals surface area (Å²) in [6.07, 6.45) is 2.71. The Morgan fingerprint density at radius 3 is 2.74 bits per heavy atom. The predicted octanol–water partition coefficient (Wildman–Crippen LogP) is 3.13. The molecule has 0 radical (unpaired) electrons. The molecule has 0 saturated heterocycles. The lowest BCUT2D eigenvalue weighted by Crippen LogP contribution is -2.23. The molecule has 4 nitrogen and oxygen atoms in total. The summed E-state index contributed by atoms with van der Waals surface area (Å²) in [5, 5.41) is 0. The van der Waals surface area contributed by atoms with E-state index in [0.717, 1.165) is 23.1 Å². The van der Waals surface area contributed by atoms with E-state index in [1.165, 1.54) is 5.56 Å². The SMILES string of the molecule is CN(CCc1ccc(Br)cc1)Cc1cc(=O)n2ccccc2n1. The fourth-order valence-electron chi connectivity index (χ4n) is 2.51. The van der Waals surface area contributed by atoms with Gasteiger partial charge in [-0.25, -0.2) is 4.98 Å². The summed E-state index contributed by atoms with van der Waals surface area (Å²) in [7, 11) is 2.05. The molecule has 0 aliphatic heterocycles. The Labute approximate surface area is 143 Å². The van der Waals surface area contributed by atoms with E-state index in [1.807, 2.05) is 25.2 Å². The van der Waals surface area contributed by atoms with Gasteiger partial charge in [-0.2, -0.15) is 0 Å². The van der Waals surface area contributed by atoms with Gasteiger partial charge in [0.25, 0.3) is 5.56 Å². The van der Waals surface area contributed by atoms with E-state index >= 15 is 0 Å². The molecule has 0 N–H and O–H groups in total. The normalized spacial score (nSPS) is 11.3. The molecule has 3 rings (SSSR count). The van der Waals surface area contributed by atoms with Gasteiger partial charge in [0.1, 0.15) is 5.65 Å². The summed E-state index contributed by atoms with van der Waals surface area (Å²) in [6.45, 7) is 1.58. The van der Waals surface area contributed by atoms with Crippen molar-refractivity contribution in [1.82, 2.24) is 14.3 Å². The lowest BCUT2D eigenvalue weighted by molar-refractivity contribution is 0.327. The first kappa shape index (κ1) is 15.9. The first-order valence-corrected chi connectivity index (χ1v) is 8.31. The fourth-order valence-corrected chi connectivity index (χ4v) is 2.77. The number of aromatic nitrogens is 2. The third-order valence-electron chi connectivity index (χ3n) is 3.75. The molecular weight excluding hydrogens is 354 g/mol. The maximum Gasteiger partial charge on any atom is 0.258 e. The number of likely N-dealkylation sites (N-methyl/N-ethyl adjacent to an activating group) is 1. The molecule has 118 valence electrons. The zero-order valence-corrected chi connectivity index (χ0v) is 14.5. The second kappa shape index (κ2) is 7.06. The van der Waals surface area contributed by atoms with Gasteiger partial charge in [-0.1, -0.05) is 34.1 Å². The average molecular weight is 372 g/mol. The summed E-state index contributed by atoms with van der Waals surface area (Å²) in [5.74, 6) is 0. The maximum atomic E-state index is 12.1. The molecule has 0 amide bonds. The second-order valence-corrected chi connectivity index (χ2v) is 6.54. The van der Waals surface area contributed by atoms with Gasteiger partial charge < -0.3 is 4.90 Å². The van der Waals surface area contributed by atoms with Gasteiger partial charge >= 0.3 is 0 Å². The van der Waals surface area contributed by atoms with E-state index < -0.39 is 0 Å². The molecule has 0 spiro atoms. The van der Waals surface area contributed by atoms with Gasteiger partial charge in [0, 0.05) is 29.8 Å². The Kier molecular flexibility index (Phi) is 4.88. The highest BCUT2D eigenvalue weighted by molar-refractivity contribution is 9.10. The minimum Gasteiger partial charge on any atom is -0.300 e. The van der Waals surface area contributed by atoms with Crippen LogP contribution in [0, 0.1) is 0 Å². The molecule has 1 aromatic carbocycles.